The van der Waals surface area contributed by atoms with Gasteiger partial charge in [0.15, 0.2) is 0 Å². The number of hydrogen-bond donors (Lipinski definition) is 1. The average molecular weight is 317 g/mol. The summed E-state index contributed by atoms with van der Waals surface area (Å²) in [5.41, 5.74) is 0. The van der Waals surface area contributed by atoms with Gasteiger partial charge in [0.05, 0.1) is 11.1 Å². The molecule has 0 aromatic carbocycles. The van der Waals surface area contributed by atoms with Crippen molar-refractivity contribution in [3.05, 3.63) is 23.5 Å². The second kappa shape index (κ2) is 5.26. The minimum Gasteiger partial charge on any atom is -0.392 e. The molecule has 2 bridgehead atoms. The molecule has 2 heterocycles. The maximum Gasteiger partial charge on any atom is 0.244 e. The summed E-state index contributed by atoms with van der Waals surface area (Å²) in [4.78, 5) is 3.97. The van der Waals surface area contributed by atoms with E-state index < -0.39 is 10.0 Å². The van der Waals surface area contributed by atoms with Gasteiger partial charge in [0, 0.05) is 25.5 Å². The Morgan fingerprint density at radius 1 is 1.25 bits per heavy atom. The third kappa shape index (κ3) is 2.45. The Morgan fingerprint density at radius 3 is 2.50 bits per heavy atom. The first-order valence-electron chi connectivity index (χ1n) is 6.77. The van der Waals surface area contributed by atoms with Crippen molar-refractivity contribution in [2.75, 3.05) is 13.1 Å². The zero-order valence-corrected chi connectivity index (χ0v) is 12.5. The highest BCUT2D eigenvalue weighted by atomic mass is 35.5. The summed E-state index contributed by atoms with van der Waals surface area (Å²) in [6.45, 7) is 0.763. The summed E-state index contributed by atoms with van der Waals surface area (Å²) in [5.74, 6) is 0.0915. The van der Waals surface area contributed by atoms with Crippen molar-refractivity contribution in [3.63, 3.8) is 0 Å². The van der Waals surface area contributed by atoms with Gasteiger partial charge in [-0.25, -0.2) is 8.42 Å². The van der Waals surface area contributed by atoms with E-state index in [4.69, 9.17) is 11.6 Å². The van der Waals surface area contributed by atoms with E-state index in [-0.39, 0.29) is 22.8 Å². The number of piperidine rings is 1. The first kappa shape index (κ1) is 14.3. The lowest BCUT2D eigenvalue weighted by atomic mass is 9.76. The minimum atomic E-state index is -3.57. The van der Waals surface area contributed by atoms with Crippen LogP contribution in [-0.2, 0) is 10.0 Å². The molecule has 1 saturated heterocycles. The molecule has 0 spiro atoms. The van der Waals surface area contributed by atoms with Crippen LogP contribution in [0.5, 0.6) is 0 Å². The quantitative estimate of drug-likeness (QED) is 0.898. The number of hydrogen-bond acceptors (Lipinski definition) is 4. The fourth-order valence-corrected chi connectivity index (χ4v) is 5.03. The topological polar surface area (TPSA) is 70.5 Å². The zero-order chi connectivity index (χ0) is 14.3. The van der Waals surface area contributed by atoms with Crippen molar-refractivity contribution < 1.29 is 13.5 Å². The van der Waals surface area contributed by atoms with Crippen molar-refractivity contribution in [2.24, 2.45) is 11.8 Å². The van der Waals surface area contributed by atoms with Crippen LogP contribution in [0.1, 0.15) is 19.3 Å². The molecular formula is C13H17ClN2O3S. The van der Waals surface area contributed by atoms with Crippen molar-refractivity contribution in [1.82, 2.24) is 9.29 Å². The van der Waals surface area contributed by atoms with Crippen LogP contribution >= 0.6 is 11.6 Å². The van der Waals surface area contributed by atoms with E-state index in [0.717, 1.165) is 19.3 Å². The molecule has 0 amide bonds. The fourth-order valence-electron chi connectivity index (χ4n) is 3.24. The smallest absolute Gasteiger partial charge is 0.244 e. The van der Waals surface area contributed by atoms with E-state index in [2.05, 4.69) is 4.98 Å². The average Bonchev–Trinajstić information content (AvgIpc) is 2.38. The van der Waals surface area contributed by atoms with Crippen molar-refractivity contribution >= 4 is 21.6 Å². The number of aliphatic hydroxyl groups excluding tert-OH is 1. The maximum atomic E-state index is 12.6. The van der Waals surface area contributed by atoms with Crippen LogP contribution in [0.25, 0.3) is 0 Å². The van der Waals surface area contributed by atoms with Gasteiger partial charge in [0.25, 0.3) is 0 Å². The van der Waals surface area contributed by atoms with Gasteiger partial charge in [-0.2, -0.15) is 4.31 Å². The Morgan fingerprint density at radius 2 is 1.90 bits per heavy atom. The highest BCUT2D eigenvalue weighted by molar-refractivity contribution is 7.89. The summed E-state index contributed by atoms with van der Waals surface area (Å²) in [7, 11) is -3.57. The Kier molecular flexibility index (Phi) is 3.75. The number of rotatable bonds is 2. The van der Waals surface area contributed by atoms with Crippen molar-refractivity contribution in [3.8, 4) is 0 Å². The molecule has 1 N–H and O–H groups in total. The number of nitrogens with zero attached hydrogens (tertiary/aromatic N) is 2. The number of pyridine rings is 1. The summed E-state index contributed by atoms with van der Waals surface area (Å²) >= 11 is 5.82. The van der Waals surface area contributed by atoms with Gasteiger partial charge in [-0.3, -0.25) is 4.98 Å². The molecule has 1 aromatic rings. The monoisotopic (exact) mass is 316 g/mol. The van der Waals surface area contributed by atoms with Gasteiger partial charge in [-0.1, -0.05) is 18.0 Å². The third-order valence-corrected chi connectivity index (χ3v) is 6.31. The second-order valence-electron chi connectivity index (χ2n) is 5.60. The van der Waals surface area contributed by atoms with Gasteiger partial charge in [-0.15, -0.1) is 0 Å². The first-order valence-corrected chi connectivity index (χ1v) is 8.59. The summed E-state index contributed by atoms with van der Waals surface area (Å²) in [5, 5.41) is 10.4. The van der Waals surface area contributed by atoms with E-state index in [1.165, 1.54) is 22.8 Å². The lowest BCUT2D eigenvalue weighted by Crippen LogP contribution is -2.53. The van der Waals surface area contributed by atoms with Gasteiger partial charge in [-0.05, 0) is 30.7 Å². The zero-order valence-electron chi connectivity index (χ0n) is 10.9. The number of aliphatic hydroxyl groups is 1. The van der Waals surface area contributed by atoms with Gasteiger partial charge >= 0.3 is 0 Å². The Labute approximate surface area is 123 Å². The van der Waals surface area contributed by atoms with Crippen LogP contribution in [0.3, 0.4) is 0 Å². The molecule has 1 aliphatic heterocycles. The molecule has 0 radical (unpaired) electrons. The second-order valence-corrected chi connectivity index (χ2v) is 7.98. The van der Waals surface area contributed by atoms with Crippen LogP contribution in [-0.4, -0.2) is 42.0 Å². The Hall–Kier alpha value is -0.690. The van der Waals surface area contributed by atoms with E-state index in [1.807, 2.05) is 0 Å². The molecule has 1 aliphatic carbocycles. The normalized spacial score (nSPS) is 31.2. The van der Waals surface area contributed by atoms with Crippen molar-refractivity contribution in [1.29, 1.82) is 0 Å². The predicted molar refractivity (Wildman–Crippen MR) is 74.8 cm³/mol. The van der Waals surface area contributed by atoms with Crippen LogP contribution < -0.4 is 0 Å². The van der Waals surface area contributed by atoms with Crippen LogP contribution in [0, 0.1) is 11.8 Å². The predicted octanol–water partition coefficient (Wildman–Crippen LogP) is 1.52. The minimum absolute atomic E-state index is 0.0458. The SMILES string of the molecule is O=S(=O)(c1cncc(Cl)c1)N1C[C@@H]2CCC[C@@H](C1)C2O. The molecule has 2 fully saturated rings. The van der Waals surface area contributed by atoms with Crippen LogP contribution in [0.2, 0.25) is 5.02 Å². The molecule has 0 unspecified atom stereocenters. The van der Waals surface area contributed by atoms with Gasteiger partial charge in [0.2, 0.25) is 10.0 Å². The van der Waals surface area contributed by atoms with Gasteiger partial charge < -0.3 is 5.11 Å². The molecule has 5 nitrogen and oxygen atoms in total. The Balaban J connectivity index is 1.89. The number of aromatic nitrogens is 1. The lowest BCUT2D eigenvalue weighted by Gasteiger charge is -2.44. The molecule has 3 rings (SSSR count). The highest BCUT2D eigenvalue weighted by Crippen LogP contribution is 2.36. The molecule has 1 aromatic heterocycles. The maximum absolute atomic E-state index is 12.6. The summed E-state index contributed by atoms with van der Waals surface area (Å²) in [6, 6.07) is 1.42. The van der Waals surface area contributed by atoms with Gasteiger partial charge in [0.1, 0.15) is 4.90 Å². The molecular weight excluding hydrogens is 300 g/mol. The number of fused-ring (bicyclic) bond motifs is 2. The standard InChI is InChI=1S/C13H17ClN2O3S/c14-11-4-12(6-15-5-11)20(18,19)16-7-9-2-1-3-10(8-16)13(9)17/h4-6,9-10,13,17H,1-3,7-8H2/t9-,10-/m0/s1. The summed E-state index contributed by atoms with van der Waals surface area (Å²) < 4.78 is 26.7. The molecule has 20 heavy (non-hydrogen) atoms. The van der Waals surface area contributed by atoms with E-state index in [1.54, 1.807) is 0 Å². The molecule has 7 heteroatoms. The highest BCUT2D eigenvalue weighted by Gasteiger charge is 2.42. The largest absolute Gasteiger partial charge is 0.392 e. The van der Waals surface area contributed by atoms with Crippen LogP contribution in [0.15, 0.2) is 23.4 Å². The molecule has 1 saturated carbocycles. The molecule has 110 valence electrons. The molecule has 2 aliphatic rings. The lowest BCUT2D eigenvalue weighted by molar-refractivity contribution is -0.0269. The Bertz CT molecular complexity index is 593. The fraction of sp³-hybridized carbons (Fsp3) is 0.615. The van der Waals surface area contributed by atoms with Crippen molar-refractivity contribution in [2.45, 2.75) is 30.3 Å². The van der Waals surface area contributed by atoms with E-state index >= 15 is 0 Å². The molecule has 2 atom stereocenters. The number of halogens is 1. The summed E-state index contributed by atoms with van der Waals surface area (Å²) in [6.07, 6.45) is 5.21. The van der Waals surface area contributed by atoms with E-state index in [9.17, 15) is 13.5 Å². The van der Waals surface area contributed by atoms with E-state index in [0.29, 0.717) is 18.1 Å². The third-order valence-electron chi connectivity index (χ3n) is 4.31. The first-order chi connectivity index (χ1) is 9.48. The number of sulfonamides is 1. The van der Waals surface area contributed by atoms with Crippen LogP contribution in [0.4, 0.5) is 0 Å².